The molecule has 4 heteroatoms. The summed E-state index contributed by atoms with van der Waals surface area (Å²) < 4.78 is 11.2. The van der Waals surface area contributed by atoms with Crippen molar-refractivity contribution in [3.63, 3.8) is 0 Å². The first-order valence-electron chi connectivity index (χ1n) is 7.70. The monoisotopic (exact) mass is 291 g/mol. The highest BCUT2D eigenvalue weighted by atomic mass is 16.5. The number of nitrogens with one attached hydrogen (secondary N) is 1. The molecule has 1 aliphatic heterocycles. The van der Waals surface area contributed by atoms with Crippen molar-refractivity contribution in [3.05, 3.63) is 29.8 Å². The van der Waals surface area contributed by atoms with Crippen LogP contribution in [0.4, 0.5) is 0 Å². The fraction of sp³-hybridized carbons (Fsp3) is 0.588. The van der Waals surface area contributed by atoms with Crippen molar-refractivity contribution in [1.82, 2.24) is 5.32 Å². The first kappa shape index (κ1) is 15.8. The Morgan fingerprint density at radius 1 is 1.38 bits per heavy atom. The van der Waals surface area contributed by atoms with Crippen molar-refractivity contribution < 1.29 is 14.3 Å². The molecule has 0 aliphatic carbocycles. The molecule has 1 aliphatic rings. The molecule has 21 heavy (non-hydrogen) atoms. The lowest BCUT2D eigenvalue weighted by Crippen LogP contribution is -2.42. The quantitative estimate of drug-likeness (QED) is 0.876. The fourth-order valence-corrected chi connectivity index (χ4v) is 2.62. The number of benzene rings is 1. The Labute approximate surface area is 126 Å². The standard InChI is InChI=1S/C17H25NO3/c1-12(2)14-7-4-5-8-16(14)21-11-17(19)18-13(3)15-9-6-10-20-15/h4-5,7-8,12-13,15H,6,9-11H2,1-3H3,(H,18,19)/t13-,15+/m0/s1. The number of amides is 1. The van der Waals surface area contributed by atoms with E-state index in [0.717, 1.165) is 30.8 Å². The van der Waals surface area contributed by atoms with Crippen LogP contribution in [0.25, 0.3) is 0 Å². The van der Waals surface area contributed by atoms with Gasteiger partial charge in [0.1, 0.15) is 5.75 Å². The normalized spacial score (nSPS) is 19.5. The van der Waals surface area contributed by atoms with Crippen LogP contribution in [0.15, 0.2) is 24.3 Å². The second-order valence-electron chi connectivity index (χ2n) is 5.89. The molecule has 0 spiro atoms. The number of carbonyl (C=O) groups is 1. The summed E-state index contributed by atoms with van der Waals surface area (Å²) in [6.45, 7) is 7.05. The van der Waals surface area contributed by atoms with Gasteiger partial charge in [-0.25, -0.2) is 0 Å². The fourth-order valence-electron chi connectivity index (χ4n) is 2.62. The lowest BCUT2D eigenvalue weighted by atomic mass is 10.0. The highest BCUT2D eigenvalue weighted by molar-refractivity contribution is 5.77. The third-order valence-corrected chi connectivity index (χ3v) is 3.81. The Kier molecular flexibility index (Phi) is 5.62. The number of rotatable bonds is 6. The zero-order chi connectivity index (χ0) is 15.2. The average molecular weight is 291 g/mol. The number of hydrogen-bond donors (Lipinski definition) is 1. The van der Waals surface area contributed by atoms with Gasteiger partial charge < -0.3 is 14.8 Å². The second-order valence-corrected chi connectivity index (χ2v) is 5.89. The molecule has 1 saturated heterocycles. The number of ether oxygens (including phenoxy) is 2. The van der Waals surface area contributed by atoms with Crippen LogP contribution in [0, 0.1) is 0 Å². The van der Waals surface area contributed by atoms with Gasteiger partial charge in [0.25, 0.3) is 5.91 Å². The molecule has 2 rings (SSSR count). The van der Waals surface area contributed by atoms with Crippen LogP contribution in [-0.4, -0.2) is 31.3 Å². The van der Waals surface area contributed by atoms with E-state index in [9.17, 15) is 4.79 Å². The van der Waals surface area contributed by atoms with E-state index in [1.807, 2.05) is 31.2 Å². The molecule has 4 nitrogen and oxygen atoms in total. The van der Waals surface area contributed by atoms with E-state index < -0.39 is 0 Å². The molecule has 2 atom stereocenters. The second kappa shape index (κ2) is 7.46. The van der Waals surface area contributed by atoms with Gasteiger partial charge in [0, 0.05) is 6.61 Å². The first-order valence-corrected chi connectivity index (χ1v) is 7.70. The van der Waals surface area contributed by atoms with Crippen molar-refractivity contribution in [3.8, 4) is 5.75 Å². The predicted octanol–water partition coefficient (Wildman–Crippen LogP) is 2.87. The van der Waals surface area contributed by atoms with Gasteiger partial charge in [0.2, 0.25) is 0 Å². The van der Waals surface area contributed by atoms with Crippen LogP contribution < -0.4 is 10.1 Å². The molecule has 1 aromatic carbocycles. The van der Waals surface area contributed by atoms with E-state index >= 15 is 0 Å². The molecule has 1 N–H and O–H groups in total. The maximum absolute atomic E-state index is 12.0. The zero-order valence-electron chi connectivity index (χ0n) is 13.1. The van der Waals surface area contributed by atoms with Gasteiger partial charge >= 0.3 is 0 Å². The molecule has 1 fully saturated rings. The van der Waals surface area contributed by atoms with Gasteiger partial charge in [-0.15, -0.1) is 0 Å². The highest BCUT2D eigenvalue weighted by Crippen LogP contribution is 2.25. The number of hydrogen-bond acceptors (Lipinski definition) is 3. The summed E-state index contributed by atoms with van der Waals surface area (Å²) in [7, 11) is 0. The topological polar surface area (TPSA) is 47.6 Å². The molecular weight excluding hydrogens is 266 g/mol. The van der Waals surface area contributed by atoms with Crippen LogP contribution in [0.3, 0.4) is 0 Å². The zero-order valence-corrected chi connectivity index (χ0v) is 13.1. The van der Waals surface area contributed by atoms with E-state index in [1.165, 1.54) is 0 Å². The van der Waals surface area contributed by atoms with E-state index in [0.29, 0.717) is 5.92 Å². The van der Waals surface area contributed by atoms with Gasteiger partial charge in [-0.3, -0.25) is 4.79 Å². The van der Waals surface area contributed by atoms with Crippen molar-refractivity contribution in [2.24, 2.45) is 0 Å². The molecule has 0 saturated carbocycles. The van der Waals surface area contributed by atoms with E-state index in [-0.39, 0.29) is 24.7 Å². The average Bonchev–Trinajstić information content (AvgIpc) is 2.99. The summed E-state index contributed by atoms with van der Waals surface area (Å²) in [4.78, 5) is 12.0. The van der Waals surface area contributed by atoms with Crippen molar-refractivity contribution >= 4 is 5.91 Å². The Morgan fingerprint density at radius 2 is 2.14 bits per heavy atom. The van der Waals surface area contributed by atoms with Crippen molar-refractivity contribution in [1.29, 1.82) is 0 Å². The molecule has 116 valence electrons. The number of para-hydroxylation sites is 1. The third kappa shape index (κ3) is 4.46. The Bertz CT molecular complexity index is 467. The minimum Gasteiger partial charge on any atom is -0.483 e. The molecule has 0 radical (unpaired) electrons. The van der Waals surface area contributed by atoms with Gasteiger partial charge in [-0.2, -0.15) is 0 Å². The van der Waals surface area contributed by atoms with Gasteiger partial charge in [0.15, 0.2) is 6.61 Å². The largest absolute Gasteiger partial charge is 0.483 e. The van der Waals surface area contributed by atoms with Crippen LogP contribution in [0.5, 0.6) is 5.75 Å². The third-order valence-electron chi connectivity index (χ3n) is 3.81. The summed E-state index contributed by atoms with van der Waals surface area (Å²) in [5.74, 6) is 1.05. The molecule has 0 bridgehead atoms. The SMILES string of the molecule is CC(C)c1ccccc1OCC(=O)N[C@@H](C)[C@H]1CCCO1. The van der Waals surface area contributed by atoms with Crippen molar-refractivity contribution in [2.75, 3.05) is 13.2 Å². The molecule has 1 aromatic rings. The lowest BCUT2D eigenvalue weighted by molar-refractivity contribution is -0.124. The van der Waals surface area contributed by atoms with E-state index in [1.54, 1.807) is 0 Å². The summed E-state index contributed by atoms with van der Waals surface area (Å²) in [5, 5.41) is 2.95. The molecule has 1 amide bonds. The summed E-state index contributed by atoms with van der Waals surface area (Å²) >= 11 is 0. The summed E-state index contributed by atoms with van der Waals surface area (Å²) in [6, 6.07) is 7.89. The van der Waals surface area contributed by atoms with E-state index in [2.05, 4.69) is 19.2 Å². The minimum absolute atomic E-state index is 0.0314. The minimum atomic E-state index is -0.100. The maximum Gasteiger partial charge on any atom is 0.258 e. The molecule has 0 unspecified atom stereocenters. The predicted molar refractivity (Wildman–Crippen MR) is 82.6 cm³/mol. The Morgan fingerprint density at radius 3 is 2.81 bits per heavy atom. The first-order chi connectivity index (χ1) is 10.1. The Balaban J connectivity index is 1.83. The lowest BCUT2D eigenvalue weighted by Gasteiger charge is -2.20. The van der Waals surface area contributed by atoms with Gasteiger partial charge in [0.05, 0.1) is 12.1 Å². The van der Waals surface area contributed by atoms with Crippen molar-refractivity contribution in [2.45, 2.75) is 51.7 Å². The molecular formula is C17H25NO3. The summed E-state index contributed by atoms with van der Waals surface area (Å²) in [5.41, 5.74) is 1.12. The summed E-state index contributed by atoms with van der Waals surface area (Å²) in [6.07, 6.45) is 2.22. The van der Waals surface area contributed by atoms with Crippen LogP contribution in [0.1, 0.15) is 45.1 Å². The van der Waals surface area contributed by atoms with Crippen LogP contribution in [0.2, 0.25) is 0 Å². The van der Waals surface area contributed by atoms with Crippen LogP contribution >= 0.6 is 0 Å². The van der Waals surface area contributed by atoms with E-state index in [4.69, 9.17) is 9.47 Å². The Hall–Kier alpha value is -1.55. The smallest absolute Gasteiger partial charge is 0.258 e. The number of carbonyl (C=O) groups excluding carboxylic acids is 1. The van der Waals surface area contributed by atoms with Gasteiger partial charge in [-0.1, -0.05) is 32.0 Å². The molecule has 1 heterocycles. The highest BCUT2D eigenvalue weighted by Gasteiger charge is 2.23. The van der Waals surface area contributed by atoms with Gasteiger partial charge in [-0.05, 0) is 37.3 Å². The molecule has 0 aromatic heterocycles. The van der Waals surface area contributed by atoms with Crippen LogP contribution in [-0.2, 0) is 9.53 Å². The maximum atomic E-state index is 12.0.